The van der Waals surface area contributed by atoms with Crippen molar-refractivity contribution in [1.82, 2.24) is 15.2 Å². The van der Waals surface area contributed by atoms with Crippen LogP contribution in [0.1, 0.15) is 10.7 Å². The van der Waals surface area contributed by atoms with Crippen LogP contribution < -0.4 is 16.6 Å². The molecule has 0 aliphatic rings. The quantitative estimate of drug-likeness (QED) is 0.632. The van der Waals surface area contributed by atoms with Gasteiger partial charge in [-0.15, -0.1) is 5.10 Å². The lowest BCUT2D eigenvalue weighted by Gasteiger charge is -1.99. The first kappa shape index (κ1) is 9.90. The fourth-order valence-corrected chi connectivity index (χ4v) is 0.999. The molecule has 16 heavy (non-hydrogen) atoms. The Hall–Kier alpha value is -2.64. The van der Waals surface area contributed by atoms with E-state index < -0.39 is 5.91 Å². The minimum atomic E-state index is -0.601. The van der Waals surface area contributed by atoms with E-state index in [1.54, 1.807) is 0 Å². The van der Waals surface area contributed by atoms with Crippen LogP contribution in [0, 0.1) is 0 Å². The molecule has 0 radical (unpaired) electrons. The fraction of sp³-hybridized carbons (Fsp3) is 0. The number of aromatic amines is 1. The summed E-state index contributed by atoms with van der Waals surface area (Å²) in [6, 6.07) is 2.53. The van der Waals surface area contributed by atoms with Gasteiger partial charge in [0.15, 0.2) is 0 Å². The number of H-pyrrole nitrogens is 1. The van der Waals surface area contributed by atoms with Crippen molar-refractivity contribution in [2.45, 2.75) is 0 Å². The monoisotopic (exact) mass is 221 g/mol. The number of nitrogens with zero attached hydrogens (tertiary/aromatic N) is 2. The number of aromatic nitrogens is 3. The Balaban J connectivity index is 2.13. The zero-order valence-electron chi connectivity index (χ0n) is 7.93. The molecule has 2 aromatic heterocycles. The minimum Gasteiger partial charge on any atom is -0.399 e. The second kappa shape index (κ2) is 3.85. The molecule has 0 aliphatic heterocycles. The Morgan fingerprint density at radius 3 is 2.81 bits per heavy atom. The van der Waals surface area contributed by atoms with Gasteiger partial charge in [-0.05, 0) is 6.07 Å². The molecule has 0 atom stereocenters. The third-order valence-electron chi connectivity index (χ3n) is 1.68. The normalized spacial score (nSPS) is 10.0. The van der Waals surface area contributed by atoms with Crippen molar-refractivity contribution in [3.63, 3.8) is 0 Å². The first-order chi connectivity index (χ1) is 7.65. The maximum Gasteiger partial charge on any atom is 0.313 e. The number of carbonyl (C=O) groups is 1. The molecule has 0 saturated carbocycles. The minimum absolute atomic E-state index is 0.188. The maximum atomic E-state index is 11.5. The third-order valence-corrected chi connectivity index (χ3v) is 1.68. The average molecular weight is 221 g/mol. The van der Waals surface area contributed by atoms with E-state index in [4.69, 9.17) is 10.2 Å². The van der Waals surface area contributed by atoms with Gasteiger partial charge in [0, 0.05) is 12.3 Å². The summed E-state index contributed by atoms with van der Waals surface area (Å²) in [4.78, 5) is 24.6. The highest BCUT2D eigenvalue weighted by molar-refractivity contribution is 6.00. The summed E-state index contributed by atoms with van der Waals surface area (Å²) in [5.41, 5.74) is 5.30. The van der Waals surface area contributed by atoms with E-state index >= 15 is 0 Å². The molecule has 0 fully saturated rings. The predicted octanol–water partition coefficient (Wildman–Crippen LogP) is -0.408. The van der Waals surface area contributed by atoms with Crippen LogP contribution in [0.15, 0.2) is 27.5 Å². The summed E-state index contributed by atoms with van der Waals surface area (Å²) < 4.78 is 4.71. The summed E-state index contributed by atoms with van der Waals surface area (Å²) >= 11 is 0. The van der Waals surface area contributed by atoms with Gasteiger partial charge in [0.1, 0.15) is 0 Å². The van der Waals surface area contributed by atoms with Crippen molar-refractivity contribution in [2.24, 2.45) is 0 Å². The molecule has 8 nitrogen and oxygen atoms in total. The number of pyridine rings is 1. The van der Waals surface area contributed by atoms with Gasteiger partial charge in [-0.3, -0.25) is 9.59 Å². The number of nitrogens with two attached hydrogens (primary N) is 1. The molecule has 0 aromatic carbocycles. The number of carbonyl (C=O) groups excluding carboxylic acids is 1. The molecule has 82 valence electrons. The largest absolute Gasteiger partial charge is 0.399 e. The summed E-state index contributed by atoms with van der Waals surface area (Å²) in [6.07, 6.45) is 1.35. The summed E-state index contributed by atoms with van der Waals surface area (Å²) in [6.45, 7) is 0. The first-order valence-corrected chi connectivity index (χ1v) is 4.24. The van der Waals surface area contributed by atoms with Gasteiger partial charge in [0.05, 0.1) is 5.69 Å². The van der Waals surface area contributed by atoms with E-state index in [9.17, 15) is 9.59 Å². The number of nitrogen functional groups attached to an aromatic ring is 1. The lowest BCUT2D eigenvalue weighted by molar-refractivity contribution is 0.0991. The Kier molecular flexibility index (Phi) is 2.38. The number of amides is 1. The van der Waals surface area contributed by atoms with Crippen LogP contribution in [0.25, 0.3) is 0 Å². The zero-order valence-corrected chi connectivity index (χ0v) is 7.93. The number of hydrogen-bond acceptors (Lipinski definition) is 6. The maximum absolute atomic E-state index is 11.5. The fourth-order valence-electron chi connectivity index (χ4n) is 0.999. The second-order valence-electron chi connectivity index (χ2n) is 2.84. The zero-order chi connectivity index (χ0) is 11.5. The molecule has 0 saturated heterocycles. The topological polar surface area (TPSA) is 127 Å². The number of hydrogen-bond donors (Lipinski definition) is 3. The van der Waals surface area contributed by atoms with E-state index in [0.29, 0.717) is 5.69 Å². The van der Waals surface area contributed by atoms with E-state index in [0.717, 1.165) is 0 Å². The van der Waals surface area contributed by atoms with Gasteiger partial charge in [-0.25, -0.2) is 0 Å². The molecule has 1 amide bonds. The van der Waals surface area contributed by atoms with Crippen LogP contribution in [-0.2, 0) is 0 Å². The van der Waals surface area contributed by atoms with Crippen LogP contribution in [0.2, 0.25) is 0 Å². The number of rotatable bonds is 2. The molecule has 0 bridgehead atoms. The van der Waals surface area contributed by atoms with Gasteiger partial charge in [0.2, 0.25) is 5.56 Å². The molecule has 2 aromatic rings. The van der Waals surface area contributed by atoms with Gasteiger partial charge >= 0.3 is 17.8 Å². The van der Waals surface area contributed by atoms with Crippen LogP contribution in [0.4, 0.5) is 11.7 Å². The highest BCUT2D eigenvalue weighted by Crippen LogP contribution is 2.06. The molecular weight excluding hydrogens is 214 g/mol. The lowest BCUT2D eigenvalue weighted by Crippen LogP contribution is -2.14. The highest BCUT2D eigenvalue weighted by Gasteiger charge is 2.13. The number of nitrogens with one attached hydrogen (secondary N) is 2. The summed E-state index contributed by atoms with van der Waals surface area (Å²) in [7, 11) is 0. The van der Waals surface area contributed by atoms with Gasteiger partial charge < -0.3 is 20.5 Å². The van der Waals surface area contributed by atoms with E-state index in [1.807, 2.05) is 0 Å². The third kappa shape index (κ3) is 2.05. The molecule has 0 aliphatic carbocycles. The van der Waals surface area contributed by atoms with Crippen molar-refractivity contribution in [3.8, 4) is 0 Å². The highest BCUT2D eigenvalue weighted by atomic mass is 16.4. The smallest absolute Gasteiger partial charge is 0.313 e. The predicted molar refractivity (Wildman–Crippen MR) is 53.7 cm³/mol. The van der Waals surface area contributed by atoms with Crippen LogP contribution in [0.5, 0.6) is 0 Å². The van der Waals surface area contributed by atoms with Crippen LogP contribution >= 0.6 is 0 Å². The lowest BCUT2D eigenvalue weighted by atomic mass is 10.4. The molecule has 2 heterocycles. The molecule has 0 unspecified atom stereocenters. The Bertz CT molecular complexity index is 553. The average Bonchev–Trinajstić information content (AvgIpc) is 2.68. The number of anilines is 2. The Morgan fingerprint density at radius 1 is 1.44 bits per heavy atom. The van der Waals surface area contributed by atoms with Gasteiger partial charge in [-0.2, -0.15) is 0 Å². The van der Waals surface area contributed by atoms with Crippen molar-refractivity contribution in [1.29, 1.82) is 0 Å². The molecule has 4 N–H and O–H groups in total. The summed E-state index contributed by atoms with van der Waals surface area (Å²) in [5.74, 6) is -0.847. The van der Waals surface area contributed by atoms with Crippen LogP contribution in [-0.4, -0.2) is 21.1 Å². The van der Waals surface area contributed by atoms with E-state index in [-0.39, 0.29) is 17.5 Å². The SMILES string of the molecule is Nc1nnc(C(=O)Nc2ccc(=O)[nH]c2)o1. The first-order valence-electron chi connectivity index (χ1n) is 4.24. The van der Waals surface area contributed by atoms with Gasteiger partial charge in [-0.1, -0.05) is 5.10 Å². The van der Waals surface area contributed by atoms with Crippen LogP contribution in [0.3, 0.4) is 0 Å². The van der Waals surface area contributed by atoms with Gasteiger partial charge in [0.25, 0.3) is 0 Å². The standard InChI is InChI=1S/C8H7N5O3/c9-8-13-12-7(16-8)6(15)11-4-1-2-5(14)10-3-4/h1-3H,(H2,9,13)(H,10,14)(H,11,15). The summed E-state index contributed by atoms with van der Waals surface area (Å²) in [5, 5.41) is 9.18. The molecule has 2 rings (SSSR count). The molecule has 0 spiro atoms. The van der Waals surface area contributed by atoms with E-state index in [1.165, 1.54) is 18.3 Å². The van der Waals surface area contributed by atoms with Crippen molar-refractivity contribution in [3.05, 3.63) is 34.6 Å². The van der Waals surface area contributed by atoms with Crippen molar-refractivity contribution >= 4 is 17.6 Å². The Labute approximate surface area is 88.5 Å². The molecular formula is C8H7N5O3. The van der Waals surface area contributed by atoms with Crippen molar-refractivity contribution in [2.75, 3.05) is 11.1 Å². The second-order valence-corrected chi connectivity index (χ2v) is 2.84. The Morgan fingerprint density at radius 2 is 2.25 bits per heavy atom. The van der Waals surface area contributed by atoms with Crippen molar-refractivity contribution < 1.29 is 9.21 Å². The van der Waals surface area contributed by atoms with E-state index in [2.05, 4.69) is 20.5 Å². The molecule has 8 heteroatoms.